The monoisotopic (exact) mass is 290 g/mol. The first-order chi connectivity index (χ1) is 9.31. The summed E-state index contributed by atoms with van der Waals surface area (Å²) in [5.41, 5.74) is 6.12. The lowest BCUT2D eigenvalue weighted by molar-refractivity contribution is -0.174. The maximum Gasteiger partial charge on any atom is 0.411 e. The molecule has 0 fully saturated rings. The van der Waals surface area contributed by atoms with E-state index in [1.807, 2.05) is 26.0 Å². The maximum atomic E-state index is 11.9. The number of hydrogen-bond donors (Lipinski definition) is 2. The number of benzene rings is 1. The number of halogens is 3. The molecule has 0 aliphatic carbocycles. The predicted molar refractivity (Wildman–Crippen MR) is 72.2 cm³/mol. The summed E-state index contributed by atoms with van der Waals surface area (Å²) >= 11 is 0. The van der Waals surface area contributed by atoms with Gasteiger partial charge < -0.3 is 4.74 Å². The van der Waals surface area contributed by atoms with Crippen LogP contribution in [0, 0.1) is 13.8 Å². The van der Waals surface area contributed by atoms with E-state index < -0.39 is 12.8 Å². The van der Waals surface area contributed by atoms with Gasteiger partial charge in [-0.25, -0.2) is 0 Å². The van der Waals surface area contributed by atoms with Crippen LogP contribution in [0.3, 0.4) is 0 Å². The largest absolute Gasteiger partial charge is 0.411 e. The number of nitrogens with two attached hydrogens (primary N) is 1. The van der Waals surface area contributed by atoms with Gasteiger partial charge in [-0.05, 0) is 43.4 Å². The number of ether oxygens (including phenoxy) is 1. The fraction of sp³-hybridized carbons (Fsp3) is 0.571. The summed E-state index contributed by atoms with van der Waals surface area (Å²) in [6.45, 7) is 2.87. The first kappa shape index (κ1) is 16.9. The summed E-state index contributed by atoms with van der Waals surface area (Å²) in [7, 11) is 0. The average Bonchev–Trinajstić information content (AvgIpc) is 2.36. The fourth-order valence-electron chi connectivity index (χ4n) is 1.87. The van der Waals surface area contributed by atoms with Crippen LogP contribution in [0.4, 0.5) is 13.2 Å². The summed E-state index contributed by atoms with van der Waals surface area (Å²) < 4.78 is 40.4. The van der Waals surface area contributed by atoms with Crippen LogP contribution in [0.15, 0.2) is 18.2 Å². The van der Waals surface area contributed by atoms with E-state index in [1.54, 1.807) is 0 Å². The lowest BCUT2D eigenvalue weighted by Gasteiger charge is -2.17. The first-order valence-electron chi connectivity index (χ1n) is 6.48. The molecular formula is C14H21F3N2O. The second-order valence-corrected chi connectivity index (χ2v) is 4.94. The zero-order chi connectivity index (χ0) is 15.2. The van der Waals surface area contributed by atoms with E-state index in [4.69, 9.17) is 5.84 Å². The van der Waals surface area contributed by atoms with Crippen LogP contribution in [0.5, 0.6) is 0 Å². The summed E-state index contributed by atoms with van der Waals surface area (Å²) in [5.74, 6) is 5.43. The van der Waals surface area contributed by atoms with Gasteiger partial charge in [0.25, 0.3) is 0 Å². The average molecular weight is 290 g/mol. The maximum absolute atomic E-state index is 11.9. The van der Waals surface area contributed by atoms with Crippen LogP contribution in [0.2, 0.25) is 0 Å². The van der Waals surface area contributed by atoms with E-state index in [0.29, 0.717) is 12.8 Å². The molecule has 0 amide bonds. The van der Waals surface area contributed by atoms with Crippen LogP contribution in [-0.4, -0.2) is 25.4 Å². The number of nitrogens with one attached hydrogen (secondary N) is 1. The molecule has 3 nitrogen and oxygen atoms in total. The highest BCUT2D eigenvalue weighted by atomic mass is 19.4. The Kier molecular flexibility index (Phi) is 6.45. The number of hydrogen-bond acceptors (Lipinski definition) is 3. The van der Waals surface area contributed by atoms with Gasteiger partial charge in [-0.3, -0.25) is 11.3 Å². The second-order valence-electron chi connectivity index (χ2n) is 4.94. The Hall–Kier alpha value is -1.11. The molecule has 0 spiro atoms. The topological polar surface area (TPSA) is 47.3 Å². The molecule has 0 saturated carbocycles. The van der Waals surface area contributed by atoms with Crippen LogP contribution in [0.25, 0.3) is 0 Å². The molecule has 1 rings (SSSR count). The Morgan fingerprint density at radius 3 is 2.50 bits per heavy atom. The smallest absolute Gasteiger partial charge is 0.372 e. The summed E-state index contributed by atoms with van der Waals surface area (Å²) in [5, 5.41) is 0. The number of hydrazine groups is 1. The third kappa shape index (κ3) is 6.36. The molecule has 0 aromatic heterocycles. The van der Waals surface area contributed by atoms with Crippen molar-refractivity contribution < 1.29 is 17.9 Å². The van der Waals surface area contributed by atoms with Crippen molar-refractivity contribution >= 4 is 0 Å². The van der Waals surface area contributed by atoms with Gasteiger partial charge in [0.1, 0.15) is 6.61 Å². The Labute approximate surface area is 117 Å². The van der Waals surface area contributed by atoms with Gasteiger partial charge in [0, 0.05) is 12.6 Å². The second kappa shape index (κ2) is 7.61. The van der Waals surface area contributed by atoms with E-state index in [9.17, 15) is 13.2 Å². The molecule has 0 aliphatic heterocycles. The minimum absolute atomic E-state index is 0.0270. The molecule has 114 valence electrons. The Morgan fingerprint density at radius 1 is 1.25 bits per heavy atom. The fourth-order valence-corrected chi connectivity index (χ4v) is 1.87. The van der Waals surface area contributed by atoms with E-state index >= 15 is 0 Å². The molecule has 3 N–H and O–H groups in total. The Morgan fingerprint density at radius 2 is 1.95 bits per heavy atom. The normalized spacial score (nSPS) is 13.5. The van der Waals surface area contributed by atoms with Crippen molar-refractivity contribution in [1.29, 1.82) is 0 Å². The Bertz CT molecular complexity index is 421. The van der Waals surface area contributed by atoms with E-state index in [0.717, 1.165) is 5.56 Å². The molecule has 0 aliphatic rings. The summed E-state index contributed by atoms with van der Waals surface area (Å²) in [6, 6.07) is 5.99. The van der Waals surface area contributed by atoms with Crippen molar-refractivity contribution in [2.24, 2.45) is 5.84 Å². The molecule has 0 radical (unpaired) electrons. The van der Waals surface area contributed by atoms with Gasteiger partial charge in [0.2, 0.25) is 0 Å². The lowest BCUT2D eigenvalue weighted by Crippen LogP contribution is -2.38. The summed E-state index contributed by atoms with van der Waals surface area (Å²) in [6.07, 6.45) is -3.19. The standard InChI is InChI=1S/C14H21F3N2O/c1-10-3-4-12(7-11(10)2)8-13(19-18)5-6-20-9-14(15,16)17/h3-4,7,13,19H,5-6,8-9,18H2,1-2H3. The van der Waals surface area contributed by atoms with Crippen LogP contribution >= 0.6 is 0 Å². The quantitative estimate of drug-likeness (QED) is 0.461. The van der Waals surface area contributed by atoms with E-state index in [2.05, 4.69) is 16.2 Å². The van der Waals surface area contributed by atoms with Gasteiger partial charge >= 0.3 is 6.18 Å². The Balaban J connectivity index is 2.41. The lowest BCUT2D eigenvalue weighted by atomic mass is 10.00. The van der Waals surface area contributed by atoms with Gasteiger partial charge in [-0.15, -0.1) is 0 Å². The van der Waals surface area contributed by atoms with E-state index in [-0.39, 0.29) is 12.6 Å². The molecule has 1 aromatic carbocycles. The van der Waals surface area contributed by atoms with Crippen molar-refractivity contribution in [1.82, 2.24) is 5.43 Å². The molecule has 1 aromatic rings. The van der Waals surface area contributed by atoms with Crippen LogP contribution in [-0.2, 0) is 11.2 Å². The van der Waals surface area contributed by atoms with Crippen molar-refractivity contribution in [3.05, 3.63) is 34.9 Å². The zero-order valence-corrected chi connectivity index (χ0v) is 11.8. The minimum Gasteiger partial charge on any atom is -0.372 e. The molecule has 20 heavy (non-hydrogen) atoms. The number of rotatable bonds is 7. The minimum atomic E-state index is -4.28. The van der Waals surface area contributed by atoms with Gasteiger partial charge in [0.15, 0.2) is 0 Å². The first-order valence-corrected chi connectivity index (χ1v) is 6.48. The highest BCUT2D eigenvalue weighted by molar-refractivity contribution is 5.30. The van der Waals surface area contributed by atoms with Crippen LogP contribution < -0.4 is 11.3 Å². The van der Waals surface area contributed by atoms with Gasteiger partial charge in [0.05, 0.1) is 0 Å². The third-order valence-corrected chi connectivity index (χ3v) is 3.17. The van der Waals surface area contributed by atoms with Crippen molar-refractivity contribution in [2.45, 2.75) is 38.9 Å². The zero-order valence-electron chi connectivity index (χ0n) is 11.8. The molecule has 0 heterocycles. The molecule has 1 unspecified atom stereocenters. The number of alkyl halides is 3. The number of aryl methyl sites for hydroxylation is 2. The van der Waals surface area contributed by atoms with Crippen molar-refractivity contribution in [2.75, 3.05) is 13.2 Å². The summed E-state index contributed by atoms with van der Waals surface area (Å²) in [4.78, 5) is 0. The molecular weight excluding hydrogens is 269 g/mol. The van der Waals surface area contributed by atoms with Crippen molar-refractivity contribution in [3.8, 4) is 0 Å². The highest BCUT2D eigenvalue weighted by Gasteiger charge is 2.27. The third-order valence-electron chi connectivity index (χ3n) is 3.17. The predicted octanol–water partition coefficient (Wildman–Crippen LogP) is 2.65. The van der Waals surface area contributed by atoms with Crippen LogP contribution in [0.1, 0.15) is 23.1 Å². The molecule has 0 bridgehead atoms. The van der Waals surface area contributed by atoms with Gasteiger partial charge in [-0.1, -0.05) is 18.2 Å². The molecule has 0 saturated heterocycles. The van der Waals surface area contributed by atoms with Gasteiger partial charge in [-0.2, -0.15) is 13.2 Å². The SMILES string of the molecule is Cc1ccc(CC(CCOCC(F)(F)F)NN)cc1C. The molecule has 6 heteroatoms. The van der Waals surface area contributed by atoms with E-state index in [1.165, 1.54) is 11.1 Å². The van der Waals surface area contributed by atoms with Crippen molar-refractivity contribution in [3.63, 3.8) is 0 Å². The molecule has 1 atom stereocenters. The highest BCUT2D eigenvalue weighted by Crippen LogP contribution is 2.15.